The molecule has 0 N–H and O–H groups in total. The summed E-state index contributed by atoms with van der Waals surface area (Å²) < 4.78 is 42.6. The number of ether oxygens (including phenoxy) is 2. The van der Waals surface area contributed by atoms with Crippen molar-refractivity contribution in [2.24, 2.45) is 5.92 Å². The summed E-state index contributed by atoms with van der Waals surface area (Å²) >= 11 is 6.17. The molecular weight excluding hydrogens is 530 g/mol. The van der Waals surface area contributed by atoms with Crippen molar-refractivity contribution >= 4 is 38.3 Å². The molecule has 1 aromatic heterocycles. The van der Waals surface area contributed by atoms with Crippen LogP contribution in [0.3, 0.4) is 0 Å². The van der Waals surface area contributed by atoms with E-state index >= 15 is 0 Å². The Kier molecular flexibility index (Phi) is 7.17. The Morgan fingerprint density at radius 1 is 1.11 bits per heavy atom. The summed E-state index contributed by atoms with van der Waals surface area (Å²) in [6.45, 7) is 7.00. The van der Waals surface area contributed by atoms with Gasteiger partial charge in [-0.05, 0) is 61.6 Å². The number of amides is 1. The van der Waals surface area contributed by atoms with Crippen LogP contribution in [-0.2, 0) is 9.84 Å². The summed E-state index contributed by atoms with van der Waals surface area (Å²) in [5.41, 5.74) is 0.649. The summed E-state index contributed by atoms with van der Waals surface area (Å²) in [7, 11) is -3.31. The molecule has 3 heterocycles. The quantitative estimate of drug-likeness (QED) is 0.382. The van der Waals surface area contributed by atoms with E-state index in [-0.39, 0.29) is 45.6 Å². The van der Waals surface area contributed by atoms with E-state index in [1.165, 1.54) is 11.0 Å². The third kappa shape index (κ3) is 4.89. The number of nitrogens with zero attached hydrogens (tertiary/aromatic N) is 1. The maximum absolute atomic E-state index is 13.8. The van der Waals surface area contributed by atoms with Gasteiger partial charge in [0.2, 0.25) is 5.76 Å². The maximum Gasteiger partial charge on any atom is 0.291 e. The van der Waals surface area contributed by atoms with Crippen LogP contribution < -0.4 is 14.9 Å². The molecule has 3 aromatic rings. The molecule has 5 rings (SSSR count). The summed E-state index contributed by atoms with van der Waals surface area (Å²) in [5, 5.41) is 0.625. The Hall–Kier alpha value is -3.04. The summed E-state index contributed by atoms with van der Waals surface area (Å²) in [6, 6.07) is 8.54. The van der Waals surface area contributed by atoms with Crippen LogP contribution in [0.5, 0.6) is 11.5 Å². The SMILES string of the molecule is CCOc1cc(C2c3c(oc4ccc(Cl)cc4c3=O)C(=O)N2C2CCS(=O)(=O)C2)ccc1OCCC(C)C. The molecule has 0 saturated carbocycles. The van der Waals surface area contributed by atoms with Crippen LogP contribution in [-0.4, -0.2) is 50.0 Å². The van der Waals surface area contributed by atoms with Crippen LogP contribution in [0.25, 0.3) is 11.0 Å². The molecular formula is C28H30ClNO7S. The molecule has 0 aliphatic carbocycles. The normalized spacial score (nSPS) is 20.3. The highest BCUT2D eigenvalue weighted by Gasteiger charge is 2.48. The van der Waals surface area contributed by atoms with Crippen molar-refractivity contribution in [1.29, 1.82) is 0 Å². The molecule has 0 spiro atoms. The first-order valence-corrected chi connectivity index (χ1v) is 15.0. The second-order valence-electron chi connectivity index (χ2n) is 10.2. The number of benzene rings is 2. The van der Waals surface area contributed by atoms with Gasteiger partial charge in [0, 0.05) is 11.1 Å². The fourth-order valence-electron chi connectivity index (χ4n) is 5.15. The molecule has 10 heteroatoms. The number of halogens is 1. The Morgan fingerprint density at radius 2 is 1.89 bits per heavy atom. The van der Waals surface area contributed by atoms with E-state index in [0.29, 0.717) is 41.2 Å². The zero-order valence-corrected chi connectivity index (χ0v) is 23.1. The molecule has 2 unspecified atom stereocenters. The average molecular weight is 560 g/mol. The first-order valence-electron chi connectivity index (χ1n) is 12.8. The predicted molar refractivity (Wildman–Crippen MR) is 145 cm³/mol. The lowest BCUT2D eigenvalue weighted by atomic mass is 9.97. The van der Waals surface area contributed by atoms with E-state index < -0.39 is 27.8 Å². The molecule has 2 aliphatic heterocycles. The van der Waals surface area contributed by atoms with Crippen LogP contribution in [0.2, 0.25) is 5.02 Å². The Balaban J connectivity index is 1.66. The number of fused-ring (bicyclic) bond motifs is 2. The van der Waals surface area contributed by atoms with Crippen molar-refractivity contribution in [3.8, 4) is 11.5 Å². The van der Waals surface area contributed by atoms with Crippen LogP contribution >= 0.6 is 11.6 Å². The molecule has 0 bridgehead atoms. The molecule has 202 valence electrons. The molecule has 8 nitrogen and oxygen atoms in total. The van der Waals surface area contributed by atoms with E-state index in [2.05, 4.69) is 13.8 Å². The van der Waals surface area contributed by atoms with E-state index in [1.807, 2.05) is 6.92 Å². The van der Waals surface area contributed by atoms with Gasteiger partial charge in [-0.25, -0.2) is 8.42 Å². The molecule has 38 heavy (non-hydrogen) atoms. The monoisotopic (exact) mass is 559 g/mol. The molecule has 2 aromatic carbocycles. The van der Waals surface area contributed by atoms with E-state index in [4.69, 9.17) is 25.5 Å². The molecule has 1 saturated heterocycles. The summed E-state index contributed by atoms with van der Waals surface area (Å²) in [6.07, 6.45) is 1.16. The Morgan fingerprint density at radius 3 is 2.58 bits per heavy atom. The van der Waals surface area contributed by atoms with E-state index in [9.17, 15) is 18.0 Å². The van der Waals surface area contributed by atoms with Gasteiger partial charge in [-0.15, -0.1) is 0 Å². The minimum absolute atomic E-state index is 0.0176. The zero-order valence-electron chi connectivity index (χ0n) is 21.5. The lowest BCUT2D eigenvalue weighted by Crippen LogP contribution is -2.40. The number of hydrogen-bond acceptors (Lipinski definition) is 7. The molecule has 0 radical (unpaired) electrons. The Labute approximate surface area is 226 Å². The summed E-state index contributed by atoms with van der Waals surface area (Å²) in [4.78, 5) is 29.0. The van der Waals surface area contributed by atoms with Gasteiger partial charge < -0.3 is 18.8 Å². The van der Waals surface area contributed by atoms with Crippen LogP contribution in [0.1, 0.15) is 61.3 Å². The second-order valence-corrected chi connectivity index (χ2v) is 12.8. The van der Waals surface area contributed by atoms with Crippen molar-refractivity contribution < 1.29 is 27.1 Å². The maximum atomic E-state index is 13.8. The predicted octanol–water partition coefficient (Wildman–Crippen LogP) is 5.00. The molecule has 2 atom stereocenters. The van der Waals surface area contributed by atoms with E-state index in [0.717, 1.165) is 6.42 Å². The fourth-order valence-corrected chi connectivity index (χ4v) is 7.03. The number of hydrogen-bond donors (Lipinski definition) is 0. The highest BCUT2D eigenvalue weighted by Crippen LogP contribution is 2.43. The van der Waals surface area contributed by atoms with Crippen molar-refractivity contribution in [1.82, 2.24) is 4.90 Å². The highest BCUT2D eigenvalue weighted by atomic mass is 35.5. The van der Waals surface area contributed by atoms with Crippen molar-refractivity contribution in [3.05, 3.63) is 68.5 Å². The lowest BCUT2D eigenvalue weighted by molar-refractivity contribution is 0.0662. The van der Waals surface area contributed by atoms with Gasteiger partial charge in [0.25, 0.3) is 5.91 Å². The van der Waals surface area contributed by atoms with Gasteiger partial charge in [-0.1, -0.05) is 31.5 Å². The zero-order chi connectivity index (χ0) is 27.2. The smallest absolute Gasteiger partial charge is 0.291 e. The third-order valence-electron chi connectivity index (χ3n) is 7.01. The first kappa shape index (κ1) is 26.6. The van der Waals surface area contributed by atoms with Gasteiger partial charge >= 0.3 is 0 Å². The van der Waals surface area contributed by atoms with Crippen LogP contribution in [0, 0.1) is 5.92 Å². The van der Waals surface area contributed by atoms with Crippen LogP contribution in [0.15, 0.2) is 45.6 Å². The number of rotatable bonds is 8. The van der Waals surface area contributed by atoms with Crippen LogP contribution in [0.4, 0.5) is 0 Å². The topological polar surface area (TPSA) is 103 Å². The van der Waals surface area contributed by atoms with Crippen molar-refractivity contribution in [2.45, 2.75) is 45.7 Å². The van der Waals surface area contributed by atoms with Gasteiger partial charge in [0.05, 0.1) is 41.7 Å². The standard InChI is InChI=1S/C28H30ClNO7S/c1-4-35-23-13-17(5-7-22(23)36-11-9-16(2)3)25-24-26(31)20-14-18(29)6-8-21(20)37-27(24)28(32)30(25)19-10-12-38(33,34)15-19/h5-8,13-14,16,19,25H,4,9-12,15H2,1-3H3. The largest absolute Gasteiger partial charge is 0.490 e. The first-order chi connectivity index (χ1) is 18.1. The van der Waals surface area contributed by atoms with Gasteiger partial charge in [0.15, 0.2) is 26.8 Å². The highest BCUT2D eigenvalue weighted by molar-refractivity contribution is 7.91. The number of carbonyl (C=O) groups excluding carboxylic acids is 1. The average Bonchev–Trinajstić information content (AvgIpc) is 3.36. The second kappa shape index (κ2) is 10.3. The minimum Gasteiger partial charge on any atom is -0.490 e. The summed E-state index contributed by atoms with van der Waals surface area (Å²) in [5.74, 6) is 0.763. The number of sulfone groups is 1. The fraction of sp³-hybridized carbons (Fsp3) is 0.429. The third-order valence-corrected chi connectivity index (χ3v) is 8.99. The van der Waals surface area contributed by atoms with E-state index in [1.54, 1.807) is 30.3 Å². The lowest BCUT2D eigenvalue weighted by Gasteiger charge is -2.30. The van der Waals surface area contributed by atoms with Gasteiger partial charge in [0.1, 0.15) is 5.58 Å². The van der Waals surface area contributed by atoms with Gasteiger partial charge in [-0.2, -0.15) is 0 Å². The Bertz CT molecular complexity index is 1560. The molecule has 1 amide bonds. The minimum atomic E-state index is -3.31. The molecule has 2 aliphatic rings. The van der Waals surface area contributed by atoms with Gasteiger partial charge in [-0.3, -0.25) is 9.59 Å². The van der Waals surface area contributed by atoms with Crippen molar-refractivity contribution in [2.75, 3.05) is 24.7 Å². The molecule has 1 fully saturated rings. The van der Waals surface area contributed by atoms with Crippen molar-refractivity contribution in [3.63, 3.8) is 0 Å². The number of carbonyl (C=O) groups is 1.